The van der Waals surface area contributed by atoms with Gasteiger partial charge in [-0.05, 0) is 61.4 Å². The average Bonchev–Trinajstić information content (AvgIpc) is 2.56. The highest BCUT2D eigenvalue weighted by Crippen LogP contribution is 2.19. The van der Waals surface area contributed by atoms with Crippen LogP contribution in [-0.2, 0) is 0 Å². The lowest BCUT2D eigenvalue weighted by Gasteiger charge is -2.20. The van der Waals surface area contributed by atoms with E-state index in [0.717, 1.165) is 35.7 Å². The summed E-state index contributed by atoms with van der Waals surface area (Å²) < 4.78 is 11.9. The summed E-state index contributed by atoms with van der Waals surface area (Å²) in [6.07, 6.45) is 4.49. The molecule has 2 aromatic rings. The predicted molar refractivity (Wildman–Crippen MR) is 95.8 cm³/mol. The number of hydrogen-bond donors (Lipinski definition) is 2. The van der Waals surface area contributed by atoms with Crippen LogP contribution in [0.3, 0.4) is 0 Å². The third-order valence-corrected chi connectivity index (χ3v) is 3.63. The number of rotatable bonds is 9. The molecule has 0 amide bonds. The van der Waals surface area contributed by atoms with Gasteiger partial charge in [-0.15, -0.1) is 0 Å². The number of anilines is 2. The highest BCUT2D eigenvalue weighted by molar-refractivity contribution is 5.42. The number of nitrogen functional groups attached to an aromatic ring is 2. The van der Waals surface area contributed by atoms with Crippen molar-refractivity contribution < 1.29 is 9.47 Å². The molecule has 0 aromatic heterocycles. The van der Waals surface area contributed by atoms with E-state index in [0.29, 0.717) is 6.61 Å². The van der Waals surface area contributed by atoms with Crippen LogP contribution in [0.1, 0.15) is 32.6 Å². The van der Waals surface area contributed by atoms with E-state index in [-0.39, 0.29) is 6.10 Å². The van der Waals surface area contributed by atoms with Crippen LogP contribution in [0.2, 0.25) is 0 Å². The minimum atomic E-state index is 0.0164. The van der Waals surface area contributed by atoms with E-state index in [9.17, 15) is 0 Å². The lowest BCUT2D eigenvalue weighted by Crippen LogP contribution is -2.25. The molecule has 0 aliphatic rings. The summed E-state index contributed by atoms with van der Waals surface area (Å²) in [7, 11) is 0. The largest absolute Gasteiger partial charge is 0.490 e. The molecule has 4 nitrogen and oxygen atoms in total. The van der Waals surface area contributed by atoms with Gasteiger partial charge in [0.25, 0.3) is 0 Å². The fraction of sp³-hybridized carbons (Fsp3) is 0.368. The molecule has 2 rings (SSSR count). The molecule has 0 aliphatic heterocycles. The fourth-order valence-electron chi connectivity index (χ4n) is 2.29. The van der Waals surface area contributed by atoms with Gasteiger partial charge in [0.2, 0.25) is 0 Å². The molecule has 4 N–H and O–H groups in total. The maximum Gasteiger partial charge on any atom is 0.133 e. The molecule has 2 aromatic carbocycles. The topological polar surface area (TPSA) is 70.5 Å². The Labute approximate surface area is 138 Å². The smallest absolute Gasteiger partial charge is 0.133 e. The lowest BCUT2D eigenvalue weighted by molar-refractivity contribution is 0.118. The maximum absolute atomic E-state index is 6.06. The standard InChI is InChI=1S/C19H26N2O2/c1-2-3-4-5-19(23-18-12-8-16(21)9-13-18)14-22-17-10-6-15(20)7-11-17/h6-13,19H,2-5,14,20-21H2,1H3. The SMILES string of the molecule is CCCCCC(COc1ccc(N)cc1)Oc1ccc(N)cc1. The molecule has 4 heteroatoms. The van der Waals surface area contributed by atoms with Crippen LogP contribution >= 0.6 is 0 Å². The molecule has 0 bridgehead atoms. The van der Waals surface area contributed by atoms with Crippen LogP contribution in [0.4, 0.5) is 11.4 Å². The third kappa shape index (κ3) is 6.10. The second-order valence-corrected chi connectivity index (χ2v) is 5.68. The Hall–Kier alpha value is -2.36. The number of nitrogens with two attached hydrogens (primary N) is 2. The second-order valence-electron chi connectivity index (χ2n) is 5.68. The normalized spacial score (nSPS) is 11.9. The zero-order valence-electron chi connectivity index (χ0n) is 13.7. The molecule has 0 fully saturated rings. The summed E-state index contributed by atoms with van der Waals surface area (Å²) in [5.41, 5.74) is 12.9. The monoisotopic (exact) mass is 314 g/mol. The van der Waals surface area contributed by atoms with Crippen molar-refractivity contribution in [2.24, 2.45) is 0 Å². The van der Waals surface area contributed by atoms with Gasteiger partial charge in [0.05, 0.1) is 0 Å². The summed E-state index contributed by atoms with van der Waals surface area (Å²) in [5, 5.41) is 0. The van der Waals surface area contributed by atoms with E-state index >= 15 is 0 Å². The van der Waals surface area contributed by atoms with Gasteiger partial charge in [-0.25, -0.2) is 0 Å². The minimum absolute atomic E-state index is 0.0164. The van der Waals surface area contributed by atoms with E-state index < -0.39 is 0 Å². The van der Waals surface area contributed by atoms with Crippen molar-refractivity contribution in [3.8, 4) is 11.5 Å². The van der Waals surface area contributed by atoms with E-state index in [1.54, 1.807) is 0 Å². The van der Waals surface area contributed by atoms with E-state index in [1.165, 1.54) is 12.8 Å². The van der Waals surface area contributed by atoms with Crippen LogP contribution in [-0.4, -0.2) is 12.7 Å². The summed E-state index contributed by atoms with van der Waals surface area (Å²) in [5.74, 6) is 1.63. The van der Waals surface area contributed by atoms with E-state index in [1.807, 2.05) is 48.5 Å². The Kier molecular flexibility index (Phi) is 6.60. The van der Waals surface area contributed by atoms with E-state index in [2.05, 4.69) is 6.92 Å². The van der Waals surface area contributed by atoms with E-state index in [4.69, 9.17) is 20.9 Å². The van der Waals surface area contributed by atoms with Gasteiger partial charge < -0.3 is 20.9 Å². The zero-order valence-corrected chi connectivity index (χ0v) is 13.7. The molecule has 0 saturated heterocycles. The van der Waals surface area contributed by atoms with Crippen LogP contribution in [0, 0.1) is 0 Å². The minimum Gasteiger partial charge on any atom is -0.490 e. The van der Waals surface area contributed by atoms with Crippen molar-refractivity contribution in [3.05, 3.63) is 48.5 Å². The number of hydrogen-bond acceptors (Lipinski definition) is 4. The molecular weight excluding hydrogens is 288 g/mol. The number of unbranched alkanes of at least 4 members (excludes halogenated alkanes) is 2. The van der Waals surface area contributed by atoms with Crippen molar-refractivity contribution in [2.75, 3.05) is 18.1 Å². The van der Waals surface area contributed by atoms with Crippen molar-refractivity contribution in [3.63, 3.8) is 0 Å². The molecule has 0 aliphatic carbocycles. The average molecular weight is 314 g/mol. The van der Waals surface area contributed by atoms with Crippen molar-refractivity contribution in [2.45, 2.75) is 38.7 Å². The Morgan fingerprint density at radius 1 is 0.826 bits per heavy atom. The quantitative estimate of drug-likeness (QED) is 0.536. The summed E-state index contributed by atoms with van der Waals surface area (Å²) in [6, 6.07) is 14.9. The molecule has 1 unspecified atom stereocenters. The Morgan fingerprint density at radius 3 is 1.96 bits per heavy atom. The highest BCUT2D eigenvalue weighted by Gasteiger charge is 2.12. The lowest BCUT2D eigenvalue weighted by atomic mass is 10.1. The van der Waals surface area contributed by atoms with Crippen LogP contribution < -0.4 is 20.9 Å². The number of benzene rings is 2. The van der Waals surface area contributed by atoms with Gasteiger partial charge in [0.15, 0.2) is 0 Å². The van der Waals surface area contributed by atoms with Gasteiger partial charge in [0, 0.05) is 11.4 Å². The summed E-state index contributed by atoms with van der Waals surface area (Å²) >= 11 is 0. The molecule has 1 atom stereocenters. The first-order valence-electron chi connectivity index (χ1n) is 8.18. The first-order valence-corrected chi connectivity index (χ1v) is 8.18. The molecule has 23 heavy (non-hydrogen) atoms. The first-order chi connectivity index (χ1) is 11.2. The Morgan fingerprint density at radius 2 is 1.39 bits per heavy atom. The van der Waals surface area contributed by atoms with Gasteiger partial charge >= 0.3 is 0 Å². The Bertz CT molecular complexity index is 567. The van der Waals surface area contributed by atoms with Gasteiger partial charge in [-0.2, -0.15) is 0 Å². The second kappa shape index (κ2) is 8.93. The van der Waals surface area contributed by atoms with Gasteiger partial charge in [0.1, 0.15) is 24.2 Å². The molecule has 0 radical (unpaired) electrons. The number of ether oxygens (including phenoxy) is 2. The van der Waals surface area contributed by atoms with Crippen molar-refractivity contribution in [1.82, 2.24) is 0 Å². The predicted octanol–water partition coefficient (Wildman–Crippen LogP) is 4.26. The van der Waals surface area contributed by atoms with Crippen molar-refractivity contribution in [1.29, 1.82) is 0 Å². The van der Waals surface area contributed by atoms with Crippen LogP contribution in [0.15, 0.2) is 48.5 Å². The third-order valence-electron chi connectivity index (χ3n) is 3.63. The van der Waals surface area contributed by atoms with Gasteiger partial charge in [-0.1, -0.05) is 19.8 Å². The first kappa shape index (κ1) is 17.0. The fourth-order valence-corrected chi connectivity index (χ4v) is 2.29. The molecule has 124 valence electrons. The molecular formula is C19H26N2O2. The molecule has 0 saturated carbocycles. The van der Waals surface area contributed by atoms with Gasteiger partial charge in [-0.3, -0.25) is 0 Å². The summed E-state index contributed by atoms with van der Waals surface area (Å²) in [4.78, 5) is 0. The highest BCUT2D eigenvalue weighted by atomic mass is 16.5. The zero-order chi connectivity index (χ0) is 16.5. The molecule has 0 spiro atoms. The summed E-state index contributed by atoms with van der Waals surface area (Å²) in [6.45, 7) is 2.71. The van der Waals surface area contributed by atoms with Crippen LogP contribution in [0.25, 0.3) is 0 Å². The Balaban J connectivity index is 1.92. The molecule has 0 heterocycles. The van der Waals surface area contributed by atoms with Crippen molar-refractivity contribution >= 4 is 11.4 Å². The maximum atomic E-state index is 6.06. The van der Waals surface area contributed by atoms with Crippen LogP contribution in [0.5, 0.6) is 11.5 Å².